The lowest BCUT2D eigenvalue weighted by Crippen LogP contribution is -2.23. The van der Waals surface area contributed by atoms with Gasteiger partial charge in [0.05, 0.1) is 17.6 Å². The first-order valence-corrected chi connectivity index (χ1v) is 5.73. The lowest BCUT2D eigenvalue weighted by molar-refractivity contribution is -0.384. The fourth-order valence-corrected chi connectivity index (χ4v) is 1.69. The molecule has 1 aromatic carbocycles. The van der Waals surface area contributed by atoms with E-state index in [1.165, 1.54) is 12.1 Å². The number of non-ortho nitro benzene ring substituents is 1. The van der Waals surface area contributed by atoms with Crippen molar-refractivity contribution in [3.63, 3.8) is 0 Å². The molecule has 1 aromatic rings. The van der Waals surface area contributed by atoms with E-state index in [1.807, 2.05) is 11.9 Å². The minimum Gasteiger partial charge on any atom is -0.393 e. The van der Waals surface area contributed by atoms with Crippen molar-refractivity contribution in [2.75, 3.05) is 18.5 Å². The standard InChI is InChI=1S/C12H18N2O4/c1-9(16)5-6-13(2)12-4-3-11(14(17)18)7-10(12)8-15/h3-4,7,9,15-16H,5-6,8H2,1-2H3. The van der Waals surface area contributed by atoms with Crippen LogP contribution < -0.4 is 4.90 Å². The zero-order valence-corrected chi connectivity index (χ0v) is 10.5. The second-order valence-corrected chi connectivity index (χ2v) is 4.29. The average molecular weight is 254 g/mol. The van der Waals surface area contributed by atoms with Crippen molar-refractivity contribution in [3.05, 3.63) is 33.9 Å². The molecule has 0 amide bonds. The Labute approximate surface area is 106 Å². The molecule has 0 heterocycles. The van der Waals surface area contributed by atoms with Gasteiger partial charge in [0.1, 0.15) is 0 Å². The number of hydrogen-bond acceptors (Lipinski definition) is 5. The maximum Gasteiger partial charge on any atom is 0.269 e. The van der Waals surface area contributed by atoms with Crippen molar-refractivity contribution >= 4 is 11.4 Å². The van der Waals surface area contributed by atoms with Crippen molar-refractivity contribution in [2.45, 2.75) is 26.1 Å². The van der Waals surface area contributed by atoms with Crippen LogP contribution in [0.4, 0.5) is 11.4 Å². The van der Waals surface area contributed by atoms with Gasteiger partial charge in [-0.25, -0.2) is 0 Å². The Bertz CT molecular complexity index is 421. The summed E-state index contributed by atoms with van der Waals surface area (Å²) in [6, 6.07) is 4.40. The van der Waals surface area contributed by atoms with E-state index < -0.39 is 11.0 Å². The van der Waals surface area contributed by atoms with Gasteiger partial charge in [-0.1, -0.05) is 0 Å². The van der Waals surface area contributed by atoms with Gasteiger partial charge in [-0.15, -0.1) is 0 Å². The molecular formula is C12H18N2O4. The van der Waals surface area contributed by atoms with E-state index in [-0.39, 0.29) is 12.3 Å². The molecule has 0 aliphatic heterocycles. The summed E-state index contributed by atoms with van der Waals surface area (Å²) in [6.07, 6.45) is 0.196. The molecule has 2 N–H and O–H groups in total. The SMILES string of the molecule is CC(O)CCN(C)c1ccc([N+](=O)[O-])cc1CO. The second-order valence-electron chi connectivity index (χ2n) is 4.29. The number of hydrogen-bond donors (Lipinski definition) is 2. The van der Waals surface area contributed by atoms with Crippen LogP contribution in [-0.4, -0.2) is 34.8 Å². The van der Waals surface area contributed by atoms with Gasteiger partial charge in [-0.05, 0) is 19.4 Å². The van der Waals surface area contributed by atoms with Gasteiger partial charge in [-0.2, -0.15) is 0 Å². The average Bonchev–Trinajstić information content (AvgIpc) is 2.34. The topological polar surface area (TPSA) is 86.8 Å². The number of benzene rings is 1. The van der Waals surface area contributed by atoms with Crippen LogP contribution in [0.25, 0.3) is 0 Å². The number of nitro groups is 1. The van der Waals surface area contributed by atoms with E-state index in [0.717, 1.165) is 5.69 Å². The Morgan fingerprint density at radius 3 is 2.67 bits per heavy atom. The van der Waals surface area contributed by atoms with Gasteiger partial charge in [0.25, 0.3) is 5.69 Å². The van der Waals surface area contributed by atoms with Crippen LogP contribution in [0.5, 0.6) is 0 Å². The van der Waals surface area contributed by atoms with E-state index in [0.29, 0.717) is 18.5 Å². The van der Waals surface area contributed by atoms with Crippen molar-refractivity contribution in [1.29, 1.82) is 0 Å². The maximum atomic E-state index is 10.6. The molecule has 6 nitrogen and oxygen atoms in total. The fraction of sp³-hybridized carbons (Fsp3) is 0.500. The summed E-state index contributed by atoms with van der Waals surface area (Å²) < 4.78 is 0. The van der Waals surface area contributed by atoms with Crippen molar-refractivity contribution in [1.82, 2.24) is 0 Å². The molecular weight excluding hydrogens is 236 g/mol. The molecule has 18 heavy (non-hydrogen) atoms. The van der Waals surface area contributed by atoms with Crippen LogP contribution in [-0.2, 0) is 6.61 Å². The lowest BCUT2D eigenvalue weighted by Gasteiger charge is -2.22. The van der Waals surface area contributed by atoms with E-state index in [1.54, 1.807) is 13.0 Å². The quantitative estimate of drug-likeness (QED) is 0.590. The smallest absolute Gasteiger partial charge is 0.269 e. The first kappa shape index (κ1) is 14.4. The van der Waals surface area contributed by atoms with Gasteiger partial charge in [0.2, 0.25) is 0 Å². The molecule has 0 saturated carbocycles. The summed E-state index contributed by atoms with van der Waals surface area (Å²) in [7, 11) is 1.82. The number of rotatable bonds is 6. The van der Waals surface area contributed by atoms with Crippen molar-refractivity contribution in [2.24, 2.45) is 0 Å². The Morgan fingerprint density at radius 1 is 1.50 bits per heavy atom. The van der Waals surface area contributed by atoms with Crippen molar-refractivity contribution in [3.8, 4) is 0 Å². The molecule has 0 bridgehead atoms. The number of aliphatic hydroxyl groups is 2. The minimum atomic E-state index is -0.487. The summed E-state index contributed by atoms with van der Waals surface area (Å²) in [4.78, 5) is 12.0. The molecule has 0 radical (unpaired) electrons. The van der Waals surface area contributed by atoms with Gasteiger partial charge in [0, 0.05) is 37.0 Å². The number of anilines is 1. The highest BCUT2D eigenvalue weighted by Gasteiger charge is 2.13. The number of aliphatic hydroxyl groups excluding tert-OH is 2. The predicted molar refractivity (Wildman–Crippen MR) is 68.6 cm³/mol. The van der Waals surface area contributed by atoms with E-state index in [2.05, 4.69) is 0 Å². The van der Waals surface area contributed by atoms with E-state index in [9.17, 15) is 20.3 Å². The summed E-state index contributed by atoms with van der Waals surface area (Å²) >= 11 is 0. The first-order valence-electron chi connectivity index (χ1n) is 5.73. The first-order chi connectivity index (χ1) is 8.45. The highest BCUT2D eigenvalue weighted by Crippen LogP contribution is 2.25. The molecule has 1 unspecified atom stereocenters. The van der Waals surface area contributed by atoms with Crippen LogP contribution in [0.2, 0.25) is 0 Å². The maximum absolute atomic E-state index is 10.6. The fourth-order valence-electron chi connectivity index (χ4n) is 1.69. The van der Waals surface area contributed by atoms with E-state index in [4.69, 9.17) is 0 Å². The highest BCUT2D eigenvalue weighted by molar-refractivity contribution is 5.57. The Morgan fingerprint density at radius 2 is 2.17 bits per heavy atom. The Balaban J connectivity index is 2.91. The van der Waals surface area contributed by atoms with Gasteiger partial charge in [-0.3, -0.25) is 10.1 Å². The van der Waals surface area contributed by atoms with Crippen LogP contribution in [0.3, 0.4) is 0 Å². The molecule has 1 rings (SSSR count). The van der Waals surface area contributed by atoms with Gasteiger partial charge >= 0.3 is 0 Å². The number of nitrogens with zero attached hydrogens (tertiary/aromatic N) is 2. The molecule has 0 aromatic heterocycles. The third-order valence-electron chi connectivity index (χ3n) is 2.74. The molecule has 100 valence electrons. The summed E-state index contributed by atoms with van der Waals surface area (Å²) in [5.74, 6) is 0. The lowest BCUT2D eigenvalue weighted by atomic mass is 10.1. The summed E-state index contributed by atoms with van der Waals surface area (Å²) in [5.41, 5.74) is 1.22. The molecule has 0 aliphatic carbocycles. The monoisotopic (exact) mass is 254 g/mol. The minimum absolute atomic E-state index is 0.0354. The van der Waals surface area contributed by atoms with Crippen LogP contribution in [0.15, 0.2) is 18.2 Å². The Kier molecular flexibility index (Phi) is 5.06. The van der Waals surface area contributed by atoms with Crippen molar-refractivity contribution < 1.29 is 15.1 Å². The highest BCUT2D eigenvalue weighted by atomic mass is 16.6. The third kappa shape index (κ3) is 3.68. The molecule has 6 heteroatoms. The molecule has 0 saturated heterocycles. The Hall–Kier alpha value is -1.66. The third-order valence-corrected chi connectivity index (χ3v) is 2.74. The van der Waals surface area contributed by atoms with Gasteiger partial charge in [0.15, 0.2) is 0 Å². The second kappa shape index (κ2) is 6.32. The van der Waals surface area contributed by atoms with Crippen LogP contribution in [0, 0.1) is 10.1 Å². The van der Waals surface area contributed by atoms with Crippen LogP contribution in [0.1, 0.15) is 18.9 Å². The van der Waals surface area contributed by atoms with E-state index >= 15 is 0 Å². The molecule has 0 fully saturated rings. The zero-order chi connectivity index (χ0) is 13.7. The molecule has 0 aliphatic rings. The summed E-state index contributed by atoms with van der Waals surface area (Å²) in [5, 5.41) is 29.1. The number of nitro benzene ring substituents is 1. The molecule has 1 atom stereocenters. The van der Waals surface area contributed by atoms with Gasteiger partial charge < -0.3 is 15.1 Å². The zero-order valence-electron chi connectivity index (χ0n) is 10.5. The molecule has 0 spiro atoms. The predicted octanol–water partition coefficient (Wildman–Crippen LogP) is 1.29. The summed E-state index contributed by atoms with van der Waals surface area (Å²) in [6.45, 7) is 2.06. The largest absolute Gasteiger partial charge is 0.393 e. The normalized spacial score (nSPS) is 12.2. The van der Waals surface area contributed by atoms with Crippen LogP contribution >= 0.6 is 0 Å².